The van der Waals surface area contributed by atoms with Gasteiger partial charge in [-0.15, -0.1) is 0 Å². The summed E-state index contributed by atoms with van der Waals surface area (Å²) in [6.45, 7) is 0. The zero-order valence-corrected chi connectivity index (χ0v) is 9.71. The third-order valence-corrected chi connectivity index (χ3v) is 2.37. The fraction of sp³-hybridized carbons (Fsp3) is 0. The molecule has 0 saturated carbocycles. The first-order chi connectivity index (χ1) is 8.56. The van der Waals surface area contributed by atoms with Crippen molar-refractivity contribution in [3.05, 3.63) is 58.9 Å². The van der Waals surface area contributed by atoms with Gasteiger partial charge in [0.2, 0.25) is 0 Å². The molecule has 1 N–H and O–H groups in total. The molecular formula is C12H7ClF2N2O. The fourth-order valence-electron chi connectivity index (χ4n) is 1.33. The summed E-state index contributed by atoms with van der Waals surface area (Å²) in [5.74, 6) is -2.11. The van der Waals surface area contributed by atoms with Gasteiger partial charge in [-0.3, -0.25) is 4.79 Å². The van der Waals surface area contributed by atoms with Crippen LogP contribution in [0.5, 0.6) is 0 Å². The van der Waals surface area contributed by atoms with E-state index in [9.17, 15) is 13.6 Å². The second-order valence-electron chi connectivity index (χ2n) is 3.45. The molecule has 0 spiro atoms. The smallest absolute Gasteiger partial charge is 0.255 e. The number of rotatable bonds is 2. The Morgan fingerprint density at radius 3 is 2.67 bits per heavy atom. The lowest BCUT2D eigenvalue weighted by Crippen LogP contribution is -2.13. The van der Waals surface area contributed by atoms with E-state index in [0.717, 1.165) is 12.1 Å². The van der Waals surface area contributed by atoms with Crippen LogP contribution in [0.4, 0.5) is 14.5 Å². The predicted molar refractivity (Wildman–Crippen MR) is 63.6 cm³/mol. The molecule has 0 aliphatic rings. The molecule has 0 saturated heterocycles. The maximum Gasteiger partial charge on any atom is 0.255 e. The third kappa shape index (κ3) is 2.81. The maximum absolute atomic E-state index is 13.3. The van der Waals surface area contributed by atoms with Crippen molar-refractivity contribution in [3.63, 3.8) is 0 Å². The van der Waals surface area contributed by atoms with E-state index in [-0.39, 0.29) is 16.4 Å². The highest BCUT2D eigenvalue weighted by molar-refractivity contribution is 6.29. The minimum absolute atomic E-state index is 0.102. The Morgan fingerprint density at radius 1 is 1.22 bits per heavy atom. The standard InChI is InChI=1S/C12H7ClF2N2O/c13-11-5-7(3-4-16-11)12(18)17-10-2-1-8(14)6-9(10)15/h1-6H,(H,17,18). The van der Waals surface area contributed by atoms with Gasteiger partial charge < -0.3 is 5.32 Å². The van der Waals surface area contributed by atoms with E-state index in [1.807, 2.05) is 0 Å². The normalized spacial score (nSPS) is 10.2. The summed E-state index contributed by atoms with van der Waals surface area (Å²) >= 11 is 5.63. The zero-order valence-electron chi connectivity index (χ0n) is 8.95. The molecule has 0 aliphatic carbocycles. The van der Waals surface area contributed by atoms with Crippen molar-refractivity contribution >= 4 is 23.2 Å². The number of amides is 1. The van der Waals surface area contributed by atoms with E-state index in [4.69, 9.17) is 11.6 Å². The maximum atomic E-state index is 13.3. The van der Waals surface area contributed by atoms with Gasteiger partial charge in [0, 0.05) is 17.8 Å². The van der Waals surface area contributed by atoms with Crippen LogP contribution in [0, 0.1) is 11.6 Å². The Kier molecular flexibility index (Phi) is 3.53. The molecule has 6 heteroatoms. The highest BCUT2D eigenvalue weighted by atomic mass is 35.5. The molecule has 92 valence electrons. The fourth-order valence-corrected chi connectivity index (χ4v) is 1.50. The Balaban J connectivity index is 2.21. The lowest BCUT2D eigenvalue weighted by atomic mass is 10.2. The monoisotopic (exact) mass is 268 g/mol. The minimum Gasteiger partial charge on any atom is -0.319 e. The number of nitrogens with zero attached hydrogens (tertiary/aromatic N) is 1. The first kappa shape index (κ1) is 12.4. The van der Waals surface area contributed by atoms with Gasteiger partial charge in [0.1, 0.15) is 16.8 Å². The Labute approximate surface area is 106 Å². The van der Waals surface area contributed by atoms with Crippen LogP contribution in [0.15, 0.2) is 36.5 Å². The number of pyridine rings is 1. The van der Waals surface area contributed by atoms with Crippen LogP contribution < -0.4 is 5.32 Å². The van der Waals surface area contributed by atoms with E-state index >= 15 is 0 Å². The number of hydrogen-bond donors (Lipinski definition) is 1. The lowest BCUT2D eigenvalue weighted by Gasteiger charge is -2.06. The zero-order chi connectivity index (χ0) is 13.1. The van der Waals surface area contributed by atoms with Gasteiger partial charge in [-0.2, -0.15) is 0 Å². The number of carbonyl (C=O) groups excluding carboxylic acids is 1. The van der Waals surface area contributed by atoms with Gasteiger partial charge in [-0.05, 0) is 24.3 Å². The number of halogens is 3. The van der Waals surface area contributed by atoms with Crippen LogP contribution in [0.1, 0.15) is 10.4 Å². The summed E-state index contributed by atoms with van der Waals surface area (Å²) in [4.78, 5) is 15.5. The number of aromatic nitrogens is 1. The minimum atomic E-state index is -0.844. The van der Waals surface area contributed by atoms with Gasteiger partial charge in [0.05, 0.1) is 5.69 Å². The summed E-state index contributed by atoms with van der Waals surface area (Å²) in [6.07, 6.45) is 1.36. The number of benzene rings is 1. The molecule has 2 rings (SSSR count). The van der Waals surface area contributed by atoms with Gasteiger partial charge in [-0.1, -0.05) is 11.6 Å². The molecule has 2 aromatic rings. The quantitative estimate of drug-likeness (QED) is 0.850. The predicted octanol–water partition coefficient (Wildman–Crippen LogP) is 3.27. The summed E-state index contributed by atoms with van der Waals surface area (Å²) < 4.78 is 26.0. The highest BCUT2D eigenvalue weighted by Gasteiger charge is 2.10. The Morgan fingerprint density at radius 2 is 2.00 bits per heavy atom. The molecule has 0 atom stereocenters. The Hall–Kier alpha value is -2.01. The first-order valence-corrected chi connectivity index (χ1v) is 5.32. The second-order valence-corrected chi connectivity index (χ2v) is 3.83. The van der Waals surface area contributed by atoms with E-state index in [2.05, 4.69) is 10.3 Å². The van der Waals surface area contributed by atoms with Gasteiger partial charge in [0.15, 0.2) is 0 Å². The van der Waals surface area contributed by atoms with E-state index < -0.39 is 17.5 Å². The molecule has 0 fully saturated rings. The Bertz CT molecular complexity index is 604. The summed E-state index contributed by atoms with van der Waals surface area (Å²) in [6, 6.07) is 5.67. The average molecular weight is 269 g/mol. The highest BCUT2D eigenvalue weighted by Crippen LogP contribution is 2.16. The third-order valence-electron chi connectivity index (χ3n) is 2.17. The van der Waals surface area contributed by atoms with E-state index in [1.165, 1.54) is 18.3 Å². The van der Waals surface area contributed by atoms with Crippen molar-refractivity contribution in [1.29, 1.82) is 0 Å². The van der Waals surface area contributed by atoms with Gasteiger partial charge in [-0.25, -0.2) is 13.8 Å². The molecule has 0 unspecified atom stereocenters. The number of anilines is 1. The van der Waals surface area contributed by atoms with Crippen LogP contribution in [0.25, 0.3) is 0 Å². The second kappa shape index (κ2) is 5.10. The molecule has 0 radical (unpaired) electrons. The van der Waals surface area contributed by atoms with Crippen LogP contribution in [-0.4, -0.2) is 10.9 Å². The van der Waals surface area contributed by atoms with Crippen molar-refractivity contribution in [2.45, 2.75) is 0 Å². The van der Waals surface area contributed by atoms with Crippen molar-refractivity contribution in [3.8, 4) is 0 Å². The van der Waals surface area contributed by atoms with Crippen LogP contribution >= 0.6 is 11.6 Å². The van der Waals surface area contributed by atoms with Crippen molar-refractivity contribution in [2.75, 3.05) is 5.32 Å². The molecule has 1 amide bonds. The average Bonchev–Trinajstić information content (AvgIpc) is 2.32. The van der Waals surface area contributed by atoms with Crippen LogP contribution in [0.2, 0.25) is 5.15 Å². The van der Waals surface area contributed by atoms with Crippen molar-refractivity contribution in [2.24, 2.45) is 0 Å². The summed E-state index contributed by atoms with van der Waals surface area (Å²) in [5.41, 5.74) is 0.132. The summed E-state index contributed by atoms with van der Waals surface area (Å²) in [7, 11) is 0. The molecule has 1 aromatic heterocycles. The largest absolute Gasteiger partial charge is 0.319 e. The van der Waals surface area contributed by atoms with E-state index in [0.29, 0.717) is 6.07 Å². The van der Waals surface area contributed by atoms with Crippen molar-refractivity contribution in [1.82, 2.24) is 4.98 Å². The molecule has 0 bridgehead atoms. The molecule has 0 aliphatic heterocycles. The topological polar surface area (TPSA) is 42.0 Å². The van der Waals surface area contributed by atoms with Crippen LogP contribution in [0.3, 0.4) is 0 Å². The van der Waals surface area contributed by atoms with Crippen LogP contribution in [-0.2, 0) is 0 Å². The number of carbonyl (C=O) groups is 1. The first-order valence-electron chi connectivity index (χ1n) is 4.94. The molecule has 1 aromatic carbocycles. The molecule has 3 nitrogen and oxygen atoms in total. The molecule has 18 heavy (non-hydrogen) atoms. The number of hydrogen-bond acceptors (Lipinski definition) is 2. The molecular weight excluding hydrogens is 262 g/mol. The van der Waals surface area contributed by atoms with E-state index in [1.54, 1.807) is 0 Å². The van der Waals surface area contributed by atoms with Gasteiger partial charge in [0.25, 0.3) is 5.91 Å². The molecule has 1 heterocycles. The van der Waals surface area contributed by atoms with Gasteiger partial charge >= 0.3 is 0 Å². The summed E-state index contributed by atoms with van der Waals surface area (Å²) in [5, 5.41) is 2.47. The van der Waals surface area contributed by atoms with Crippen molar-refractivity contribution < 1.29 is 13.6 Å². The number of nitrogens with one attached hydrogen (secondary N) is 1. The SMILES string of the molecule is O=C(Nc1ccc(F)cc1F)c1ccnc(Cl)c1. The lowest BCUT2D eigenvalue weighted by molar-refractivity contribution is 0.102.